The van der Waals surface area contributed by atoms with Gasteiger partial charge in [-0.1, -0.05) is 12.1 Å². The van der Waals surface area contributed by atoms with Gasteiger partial charge in [-0.25, -0.2) is 14.8 Å². The molecule has 3 rings (SSSR count). The molecule has 0 radical (unpaired) electrons. The lowest BCUT2D eigenvalue weighted by atomic mass is 10.2. The van der Waals surface area contributed by atoms with E-state index in [1.54, 1.807) is 24.5 Å². The highest BCUT2D eigenvalue weighted by Gasteiger charge is 2.12. The SMILES string of the molecule is CCOC(=O)c1cnc2ccc(/C=C\c3cccc(OC)n3)cn12. The van der Waals surface area contributed by atoms with Crippen LogP contribution in [0.1, 0.15) is 28.7 Å². The molecule has 3 aromatic heterocycles. The number of hydrogen-bond acceptors (Lipinski definition) is 5. The molecule has 0 bridgehead atoms. The third kappa shape index (κ3) is 3.27. The highest BCUT2D eigenvalue weighted by atomic mass is 16.5. The minimum Gasteiger partial charge on any atom is -0.481 e. The molecule has 0 fully saturated rings. The van der Waals surface area contributed by atoms with E-state index >= 15 is 0 Å². The molecule has 0 spiro atoms. The van der Waals surface area contributed by atoms with Crippen molar-refractivity contribution in [3.63, 3.8) is 0 Å². The molecule has 0 saturated carbocycles. The molecule has 0 aromatic carbocycles. The van der Waals surface area contributed by atoms with Crippen LogP contribution in [0.5, 0.6) is 5.88 Å². The van der Waals surface area contributed by atoms with E-state index in [1.165, 1.54) is 6.20 Å². The fraction of sp³-hybridized carbons (Fsp3) is 0.167. The number of hydrogen-bond donors (Lipinski definition) is 0. The molecule has 0 N–H and O–H groups in total. The van der Waals surface area contributed by atoms with Crippen LogP contribution in [0.3, 0.4) is 0 Å². The third-order valence-corrected chi connectivity index (χ3v) is 3.41. The van der Waals surface area contributed by atoms with Gasteiger partial charge in [0.1, 0.15) is 5.65 Å². The van der Waals surface area contributed by atoms with Crippen molar-refractivity contribution in [2.45, 2.75) is 6.92 Å². The maximum atomic E-state index is 12.0. The van der Waals surface area contributed by atoms with E-state index in [4.69, 9.17) is 9.47 Å². The summed E-state index contributed by atoms with van der Waals surface area (Å²) >= 11 is 0. The Morgan fingerprint density at radius 3 is 2.92 bits per heavy atom. The molecule has 0 amide bonds. The number of nitrogens with zero attached hydrogens (tertiary/aromatic N) is 3. The van der Waals surface area contributed by atoms with Crippen molar-refractivity contribution in [3.8, 4) is 5.88 Å². The number of methoxy groups -OCH3 is 1. The summed E-state index contributed by atoms with van der Waals surface area (Å²) in [5.74, 6) is 0.174. The fourth-order valence-electron chi connectivity index (χ4n) is 2.27. The smallest absolute Gasteiger partial charge is 0.356 e. The molecule has 0 atom stereocenters. The zero-order valence-electron chi connectivity index (χ0n) is 13.5. The van der Waals surface area contributed by atoms with Gasteiger partial charge in [0.25, 0.3) is 0 Å². The number of rotatable bonds is 5. The summed E-state index contributed by atoms with van der Waals surface area (Å²) in [6.07, 6.45) is 7.15. The van der Waals surface area contributed by atoms with Crippen molar-refractivity contribution in [1.29, 1.82) is 0 Å². The second-order valence-corrected chi connectivity index (χ2v) is 4.99. The summed E-state index contributed by atoms with van der Waals surface area (Å²) in [5, 5.41) is 0. The summed E-state index contributed by atoms with van der Waals surface area (Å²) in [7, 11) is 1.58. The van der Waals surface area contributed by atoms with Gasteiger partial charge in [-0.3, -0.25) is 4.40 Å². The molecule has 0 aliphatic carbocycles. The van der Waals surface area contributed by atoms with Crippen LogP contribution in [0.2, 0.25) is 0 Å². The topological polar surface area (TPSA) is 65.7 Å². The molecule has 0 saturated heterocycles. The lowest BCUT2D eigenvalue weighted by molar-refractivity contribution is 0.0518. The highest BCUT2D eigenvalue weighted by molar-refractivity contribution is 5.88. The number of pyridine rings is 2. The van der Waals surface area contributed by atoms with E-state index in [1.807, 2.05) is 42.6 Å². The molecule has 6 nitrogen and oxygen atoms in total. The molecule has 3 heterocycles. The maximum absolute atomic E-state index is 12.0. The number of esters is 1. The number of carbonyl (C=O) groups excluding carboxylic acids is 1. The van der Waals surface area contributed by atoms with E-state index in [9.17, 15) is 4.79 Å². The Hall–Kier alpha value is -3.15. The first kappa shape index (κ1) is 15.7. The minimum absolute atomic E-state index is 0.327. The third-order valence-electron chi connectivity index (χ3n) is 3.41. The van der Waals surface area contributed by atoms with Gasteiger partial charge in [-0.15, -0.1) is 0 Å². The second kappa shape index (κ2) is 6.95. The molecule has 0 unspecified atom stereocenters. The standard InChI is InChI=1S/C18H17N3O3/c1-3-24-18(22)15-11-19-16-10-8-13(12-21(15)16)7-9-14-5-4-6-17(20-14)23-2/h4-12H,3H2,1-2H3/b9-7-. The first-order valence-corrected chi connectivity index (χ1v) is 7.54. The van der Waals surface area contributed by atoms with E-state index < -0.39 is 0 Å². The van der Waals surface area contributed by atoms with Gasteiger partial charge in [0.05, 0.1) is 25.6 Å². The molecule has 24 heavy (non-hydrogen) atoms. The Balaban J connectivity index is 1.91. The van der Waals surface area contributed by atoms with Gasteiger partial charge >= 0.3 is 5.97 Å². The largest absolute Gasteiger partial charge is 0.481 e. The van der Waals surface area contributed by atoms with Gasteiger partial charge in [-0.05, 0) is 36.8 Å². The van der Waals surface area contributed by atoms with Gasteiger partial charge < -0.3 is 9.47 Å². The number of fused-ring (bicyclic) bond motifs is 1. The van der Waals surface area contributed by atoms with Crippen LogP contribution in [0.4, 0.5) is 0 Å². The van der Waals surface area contributed by atoms with Crippen molar-refractivity contribution < 1.29 is 14.3 Å². The predicted octanol–water partition coefficient (Wildman–Crippen LogP) is 3.09. The van der Waals surface area contributed by atoms with Crippen LogP contribution < -0.4 is 4.74 Å². The monoisotopic (exact) mass is 323 g/mol. The highest BCUT2D eigenvalue weighted by Crippen LogP contribution is 2.14. The van der Waals surface area contributed by atoms with Crippen LogP contribution in [0.25, 0.3) is 17.8 Å². The molecule has 3 aromatic rings. The Bertz CT molecular complexity index is 899. The van der Waals surface area contributed by atoms with E-state index in [2.05, 4.69) is 9.97 Å². The van der Waals surface area contributed by atoms with Crippen LogP contribution >= 0.6 is 0 Å². The fourth-order valence-corrected chi connectivity index (χ4v) is 2.27. The molecule has 6 heteroatoms. The average Bonchev–Trinajstić information content (AvgIpc) is 3.03. The minimum atomic E-state index is -0.388. The summed E-state index contributed by atoms with van der Waals surface area (Å²) in [5.41, 5.74) is 2.79. The van der Waals surface area contributed by atoms with Gasteiger partial charge in [0, 0.05) is 12.3 Å². The van der Waals surface area contributed by atoms with Crippen LogP contribution in [0, 0.1) is 0 Å². The molecule has 0 aliphatic rings. The van der Waals surface area contributed by atoms with Crippen LogP contribution in [-0.4, -0.2) is 34.1 Å². The van der Waals surface area contributed by atoms with Crippen LogP contribution in [0.15, 0.2) is 42.7 Å². The van der Waals surface area contributed by atoms with E-state index in [0.717, 1.165) is 11.3 Å². The lowest BCUT2D eigenvalue weighted by Crippen LogP contribution is -2.07. The predicted molar refractivity (Wildman–Crippen MR) is 90.9 cm³/mol. The number of carbonyl (C=O) groups is 1. The van der Waals surface area contributed by atoms with E-state index in [0.29, 0.717) is 23.8 Å². The van der Waals surface area contributed by atoms with Crippen molar-refractivity contribution in [2.75, 3.05) is 13.7 Å². The summed E-state index contributed by atoms with van der Waals surface area (Å²) < 4.78 is 11.9. The Kier molecular flexibility index (Phi) is 4.56. The first-order valence-electron chi connectivity index (χ1n) is 7.54. The second-order valence-electron chi connectivity index (χ2n) is 4.99. The Labute approximate surface area is 139 Å². The molecular weight excluding hydrogens is 306 g/mol. The number of ether oxygens (including phenoxy) is 2. The summed E-state index contributed by atoms with van der Waals surface area (Å²) in [6, 6.07) is 9.33. The molecule has 0 aliphatic heterocycles. The Morgan fingerprint density at radius 2 is 2.12 bits per heavy atom. The number of aromatic nitrogens is 3. The average molecular weight is 323 g/mol. The van der Waals surface area contributed by atoms with Crippen LogP contribution in [-0.2, 0) is 4.74 Å². The van der Waals surface area contributed by atoms with E-state index in [-0.39, 0.29) is 5.97 Å². The van der Waals surface area contributed by atoms with Crippen molar-refractivity contribution >= 4 is 23.8 Å². The van der Waals surface area contributed by atoms with Gasteiger partial charge in [0.2, 0.25) is 5.88 Å². The Morgan fingerprint density at radius 1 is 1.25 bits per heavy atom. The maximum Gasteiger partial charge on any atom is 0.356 e. The van der Waals surface area contributed by atoms with Gasteiger partial charge in [-0.2, -0.15) is 0 Å². The normalized spacial score (nSPS) is 11.1. The zero-order valence-corrected chi connectivity index (χ0v) is 13.5. The molecule has 122 valence electrons. The molecular formula is C18H17N3O3. The van der Waals surface area contributed by atoms with Crippen molar-refractivity contribution in [1.82, 2.24) is 14.4 Å². The lowest BCUT2D eigenvalue weighted by Gasteiger charge is -2.03. The zero-order chi connectivity index (χ0) is 16.9. The quantitative estimate of drug-likeness (QED) is 0.675. The number of imidazole rings is 1. The van der Waals surface area contributed by atoms with Crippen molar-refractivity contribution in [2.24, 2.45) is 0 Å². The van der Waals surface area contributed by atoms with Gasteiger partial charge in [0.15, 0.2) is 5.69 Å². The van der Waals surface area contributed by atoms with Crippen molar-refractivity contribution in [3.05, 3.63) is 59.7 Å². The summed E-state index contributed by atoms with van der Waals surface area (Å²) in [4.78, 5) is 20.5. The summed E-state index contributed by atoms with van der Waals surface area (Å²) in [6.45, 7) is 2.10. The first-order chi connectivity index (χ1) is 11.7.